The zero-order chi connectivity index (χ0) is 12.1. The molecule has 0 radical (unpaired) electrons. The van der Waals surface area contributed by atoms with Crippen LogP contribution in [0.5, 0.6) is 0 Å². The fraction of sp³-hybridized carbons (Fsp3) is 0.462. The lowest BCUT2D eigenvalue weighted by Gasteiger charge is -2.09. The van der Waals surface area contributed by atoms with Crippen molar-refractivity contribution in [3.8, 4) is 0 Å². The number of carbonyl (C=O) groups excluding carboxylic acids is 1. The summed E-state index contributed by atoms with van der Waals surface area (Å²) in [5, 5.41) is 3.26. The summed E-state index contributed by atoms with van der Waals surface area (Å²) in [6.07, 6.45) is 1.11. The Kier molecular flexibility index (Phi) is 4.12. The van der Waals surface area contributed by atoms with E-state index in [0.29, 0.717) is 18.1 Å². The van der Waals surface area contributed by atoms with E-state index in [1.54, 1.807) is 12.1 Å². The minimum absolute atomic E-state index is 0.184. The van der Waals surface area contributed by atoms with Crippen LogP contribution in [-0.4, -0.2) is 25.6 Å². The summed E-state index contributed by atoms with van der Waals surface area (Å²) in [6.45, 7) is 4.58. The molecule has 92 valence electrons. The molecule has 1 atom stereocenters. The van der Waals surface area contributed by atoms with E-state index in [2.05, 4.69) is 10.8 Å². The number of hydrogen-bond acceptors (Lipinski definition) is 3. The van der Waals surface area contributed by atoms with Crippen molar-refractivity contribution in [2.45, 2.75) is 13.3 Å². The van der Waals surface area contributed by atoms with Crippen molar-refractivity contribution in [3.63, 3.8) is 0 Å². The summed E-state index contributed by atoms with van der Waals surface area (Å²) < 4.78 is 0. The van der Waals surface area contributed by atoms with Gasteiger partial charge in [0.25, 0.3) is 5.91 Å². The van der Waals surface area contributed by atoms with E-state index in [4.69, 9.17) is 4.84 Å². The maximum atomic E-state index is 11.7. The molecule has 1 amide bonds. The van der Waals surface area contributed by atoms with Crippen molar-refractivity contribution in [1.82, 2.24) is 10.8 Å². The Morgan fingerprint density at radius 3 is 2.88 bits per heavy atom. The third kappa shape index (κ3) is 3.54. The number of nitrogens with one attached hydrogen (secondary N) is 2. The van der Waals surface area contributed by atoms with Crippen molar-refractivity contribution < 1.29 is 9.63 Å². The number of aryl methyl sites for hydroxylation is 1. The van der Waals surface area contributed by atoms with E-state index in [1.807, 2.05) is 19.1 Å². The quantitative estimate of drug-likeness (QED) is 0.771. The van der Waals surface area contributed by atoms with Crippen molar-refractivity contribution in [2.75, 3.05) is 19.7 Å². The van der Waals surface area contributed by atoms with Crippen LogP contribution in [0, 0.1) is 12.8 Å². The van der Waals surface area contributed by atoms with E-state index in [9.17, 15) is 4.79 Å². The molecule has 4 nitrogen and oxygen atoms in total. The average Bonchev–Trinajstić information content (AvgIpc) is 2.83. The monoisotopic (exact) mass is 234 g/mol. The van der Waals surface area contributed by atoms with Crippen LogP contribution in [0.4, 0.5) is 0 Å². The molecule has 1 unspecified atom stereocenters. The minimum atomic E-state index is -0.184. The Balaban J connectivity index is 1.75. The van der Waals surface area contributed by atoms with E-state index >= 15 is 0 Å². The number of carbonyl (C=O) groups is 1. The van der Waals surface area contributed by atoms with Gasteiger partial charge >= 0.3 is 0 Å². The lowest BCUT2D eigenvalue weighted by Crippen LogP contribution is -2.27. The van der Waals surface area contributed by atoms with Gasteiger partial charge in [-0.05, 0) is 37.9 Å². The molecular formula is C13H18N2O2. The molecule has 1 aliphatic heterocycles. The van der Waals surface area contributed by atoms with Crippen LogP contribution in [0.25, 0.3) is 0 Å². The van der Waals surface area contributed by atoms with Crippen molar-refractivity contribution in [2.24, 2.45) is 5.92 Å². The summed E-state index contributed by atoms with van der Waals surface area (Å²) in [5.41, 5.74) is 4.24. The van der Waals surface area contributed by atoms with Gasteiger partial charge in [-0.2, -0.15) is 0 Å². The summed E-state index contributed by atoms with van der Waals surface area (Å²) in [6, 6.07) is 7.42. The molecule has 2 N–H and O–H groups in total. The van der Waals surface area contributed by atoms with E-state index in [1.165, 1.54) is 0 Å². The van der Waals surface area contributed by atoms with Gasteiger partial charge in [0.1, 0.15) is 0 Å². The second-order valence-electron chi connectivity index (χ2n) is 4.47. The van der Waals surface area contributed by atoms with Crippen molar-refractivity contribution >= 4 is 5.91 Å². The molecule has 1 heterocycles. The summed E-state index contributed by atoms with van der Waals surface area (Å²) in [4.78, 5) is 16.9. The molecule has 1 fully saturated rings. The molecular weight excluding hydrogens is 216 g/mol. The molecule has 1 aromatic rings. The maximum Gasteiger partial charge on any atom is 0.274 e. The molecule has 0 spiro atoms. The smallest absolute Gasteiger partial charge is 0.274 e. The zero-order valence-electron chi connectivity index (χ0n) is 10.0. The van der Waals surface area contributed by atoms with Crippen LogP contribution >= 0.6 is 0 Å². The third-order valence-electron chi connectivity index (χ3n) is 2.96. The van der Waals surface area contributed by atoms with Crippen LogP contribution in [-0.2, 0) is 4.84 Å². The van der Waals surface area contributed by atoms with Crippen molar-refractivity contribution in [3.05, 3.63) is 35.4 Å². The van der Waals surface area contributed by atoms with Crippen LogP contribution in [0.15, 0.2) is 24.3 Å². The second-order valence-corrected chi connectivity index (χ2v) is 4.47. The fourth-order valence-corrected chi connectivity index (χ4v) is 1.85. The predicted octanol–water partition coefficient (Wildman–Crippen LogP) is 1.27. The van der Waals surface area contributed by atoms with Gasteiger partial charge in [-0.15, -0.1) is 0 Å². The Hall–Kier alpha value is -1.39. The summed E-state index contributed by atoms with van der Waals surface area (Å²) in [7, 11) is 0. The predicted molar refractivity (Wildman–Crippen MR) is 65.6 cm³/mol. The van der Waals surface area contributed by atoms with Gasteiger partial charge in [0.15, 0.2) is 0 Å². The van der Waals surface area contributed by atoms with Gasteiger partial charge in [-0.25, -0.2) is 5.48 Å². The number of rotatable bonds is 4. The highest BCUT2D eigenvalue weighted by Gasteiger charge is 2.15. The fourth-order valence-electron chi connectivity index (χ4n) is 1.85. The number of hydrogen-bond donors (Lipinski definition) is 2. The largest absolute Gasteiger partial charge is 0.316 e. The lowest BCUT2D eigenvalue weighted by atomic mass is 10.1. The first kappa shape index (κ1) is 12.1. The first-order chi connectivity index (χ1) is 8.25. The third-order valence-corrected chi connectivity index (χ3v) is 2.96. The number of amides is 1. The lowest BCUT2D eigenvalue weighted by molar-refractivity contribution is 0.0188. The molecule has 1 aromatic carbocycles. The first-order valence-electron chi connectivity index (χ1n) is 5.95. The van der Waals surface area contributed by atoms with Gasteiger partial charge < -0.3 is 5.32 Å². The molecule has 1 aliphatic rings. The highest BCUT2D eigenvalue weighted by atomic mass is 16.6. The van der Waals surface area contributed by atoms with Crippen LogP contribution in [0.1, 0.15) is 22.3 Å². The Labute approximate surface area is 101 Å². The van der Waals surface area contributed by atoms with Gasteiger partial charge in [-0.1, -0.05) is 17.7 Å². The maximum absolute atomic E-state index is 11.7. The van der Waals surface area contributed by atoms with E-state index in [-0.39, 0.29) is 5.91 Å². The molecule has 0 aliphatic carbocycles. The topological polar surface area (TPSA) is 50.4 Å². The Bertz CT molecular complexity index is 370. The zero-order valence-corrected chi connectivity index (χ0v) is 10.0. The van der Waals surface area contributed by atoms with Gasteiger partial charge in [0.2, 0.25) is 0 Å². The number of hydroxylamine groups is 1. The Morgan fingerprint density at radius 1 is 1.47 bits per heavy atom. The van der Waals surface area contributed by atoms with Gasteiger partial charge in [0.05, 0.1) is 6.61 Å². The van der Waals surface area contributed by atoms with Crippen LogP contribution in [0.3, 0.4) is 0 Å². The van der Waals surface area contributed by atoms with E-state index < -0.39 is 0 Å². The molecule has 1 saturated heterocycles. The summed E-state index contributed by atoms with van der Waals surface area (Å²) >= 11 is 0. The molecule has 17 heavy (non-hydrogen) atoms. The normalized spacial score (nSPS) is 19.2. The van der Waals surface area contributed by atoms with Gasteiger partial charge in [-0.3, -0.25) is 9.63 Å². The molecule has 0 saturated carbocycles. The SMILES string of the molecule is Cc1ccc(C(=O)NOCC2CCNC2)cc1. The van der Waals surface area contributed by atoms with Crippen LogP contribution < -0.4 is 10.8 Å². The molecule has 4 heteroatoms. The molecule has 0 bridgehead atoms. The summed E-state index contributed by atoms with van der Waals surface area (Å²) in [5.74, 6) is 0.323. The molecule has 0 aromatic heterocycles. The molecule has 2 rings (SSSR count). The second kappa shape index (κ2) is 5.80. The average molecular weight is 234 g/mol. The number of benzene rings is 1. The van der Waals surface area contributed by atoms with E-state index in [0.717, 1.165) is 25.1 Å². The van der Waals surface area contributed by atoms with Crippen LogP contribution in [0.2, 0.25) is 0 Å². The minimum Gasteiger partial charge on any atom is -0.316 e. The standard InChI is InChI=1S/C13H18N2O2/c1-10-2-4-12(5-3-10)13(16)15-17-9-11-6-7-14-8-11/h2-5,11,14H,6-9H2,1H3,(H,15,16). The van der Waals surface area contributed by atoms with Gasteiger partial charge in [0, 0.05) is 12.1 Å². The first-order valence-corrected chi connectivity index (χ1v) is 5.95. The highest BCUT2D eigenvalue weighted by Crippen LogP contribution is 2.07. The van der Waals surface area contributed by atoms with Crippen molar-refractivity contribution in [1.29, 1.82) is 0 Å². The highest BCUT2D eigenvalue weighted by molar-refractivity contribution is 5.93. The Morgan fingerprint density at radius 2 is 2.24 bits per heavy atom.